The molecule has 140 valence electrons. The van der Waals surface area contributed by atoms with Crippen LogP contribution in [0.4, 0.5) is 9.93 Å². The lowest BCUT2D eigenvalue weighted by atomic mass is 10.1. The first kappa shape index (κ1) is 18.8. The number of pyridine rings is 1. The number of aryl methyl sites for hydroxylation is 1. The van der Waals surface area contributed by atoms with E-state index in [4.69, 9.17) is 4.74 Å². The average Bonchev–Trinajstić information content (AvgIpc) is 3.15. The van der Waals surface area contributed by atoms with E-state index < -0.39 is 0 Å². The van der Waals surface area contributed by atoms with E-state index >= 15 is 0 Å². The number of carbonyl (C=O) groups excluding carboxylic acids is 1. The first-order valence-corrected chi connectivity index (χ1v) is 9.58. The van der Waals surface area contributed by atoms with E-state index in [0.29, 0.717) is 5.13 Å². The van der Waals surface area contributed by atoms with E-state index in [1.54, 1.807) is 19.5 Å². The van der Waals surface area contributed by atoms with Crippen LogP contribution in [-0.4, -0.2) is 29.2 Å². The minimum Gasteiger partial charge on any atom is -0.497 e. The molecule has 2 amide bonds. The predicted molar refractivity (Wildman–Crippen MR) is 108 cm³/mol. The molecule has 3 rings (SSSR count). The molecule has 0 bridgehead atoms. The molecule has 1 unspecified atom stereocenters. The monoisotopic (exact) mass is 382 g/mol. The summed E-state index contributed by atoms with van der Waals surface area (Å²) >= 11 is 1.39. The molecular weight excluding hydrogens is 360 g/mol. The summed E-state index contributed by atoms with van der Waals surface area (Å²) in [6.45, 7) is 1.99. The number of urea groups is 1. The molecule has 27 heavy (non-hydrogen) atoms. The van der Waals surface area contributed by atoms with Crippen molar-refractivity contribution in [1.29, 1.82) is 0 Å². The highest BCUT2D eigenvalue weighted by molar-refractivity contribution is 7.14. The molecule has 0 aliphatic carbocycles. The largest absolute Gasteiger partial charge is 0.497 e. The maximum atomic E-state index is 12.2. The number of nitrogens with zero attached hydrogens (tertiary/aromatic N) is 2. The maximum absolute atomic E-state index is 12.2. The third-order valence-corrected chi connectivity index (χ3v) is 4.84. The van der Waals surface area contributed by atoms with E-state index in [0.717, 1.165) is 29.8 Å². The van der Waals surface area contributed by atoms with Gasteiger partial charge in [0.15, 0.2) is 5.13 Å². The Bertz CT molecular complexity index is 865. The summed E-state index contributed by atoms with van der Waals surface area (Å²) in [6.07, 6.45) is 5.20. The van der Waals surface area contributed by atoms with Gasteiger partial charge in [0.1, 0.15) is 5.75 Å². The highest BCUT2D eigenvalue weighted by Crippen LogP contribution is 2.24. The number of aromatic nitrogens is 2. The van der Waals surface area contributed by atoms with Gasteiger partial charge in [0.05, 0.1) is 12.8 Å². The minimum absolute atomic E-state index is 0.0462. The van der Waals surface area contributed by atoms with Gasteiger partial charge < -0.3 is 10.1 Å². The van der Waals surface area contributed by atoms with Crippen molar-refractivity contribution < 1.29 is 9.53 Å². The quantitative estimate of drug-likeness (QED) is 0.637. The molecule has 0 saturated carbocycles. The third kappa shape index (κ3) is 5.52. The van der Waals surface area contributed by atoms with Crippen molar-refractivity contribution in [3.63, 3.8) is 0 Å². The zero-order valence-electron chi connectivity index (χ0n) is 15.3. The first-order valence-electron chi connectivity index (χ1n) is 8.70. The van der Waals surface area contributed by atoms with Crippen LogP contribution in [0.3, 0.4) is 0 Å². The second kappa shape index (κ2) is 9.14. The summed E-state index contributed by atoms with van der Waals surface area (Å²) < 4.78 is 5.16. The van der Waals surface area contributed by atoms with Crippen LogP contribution >= 0.6 is 11.3 Å². The number of hydrogen-bond donors (Lipinski definition) is 2. The standard InChI is InChI=1S/C20H22N4O2S/c1-14(5-6-15-7-9-17(26-2)10-8-15)22-19(25)24-20-23-18(13-27-20)16-4-3-11-21-12-16/h3-4,7-14H,5-6H2,1-2H3,(H2,22,23,24,25). The Hall–Kier alpha value is -2.93. The number of thiazole rings is 1. The third-order valence-electron chi connectivity index (χ3n) is 4.08. The fourth-order valence-electron chi connectivity index (χ4n) is 2.58. The van der Waals surface area contributed by atoms with Gasteiger partial charge in [-0.2, -0.15) is 0 Å². The number of rotatable bonds is 7. The lowest BCUT2D eigenvalue weighted by Gasteiger charge is -2.14. The van der Waals surface area contributed by atoms with Gasteiger partial charge in [-0.3, -0.25) is 10.3 Å². The van der Waals surface area contributed by atoms with Crippen molar-refractivity contribution in [2.75, 3.05) is 12.4 Å². The van der Waals surface area contributed by atoms with Crippen molar-refractivity contribution in [2.45, 2.75) is 25.8 Å². The van der Waals surface area contributed by atoms with Crippen LogP contribution in [0.25, 0.3) is 11.3 Å². The number of carbonyl (C=O) groups is 1. The molecular formula is C20H22N4O2S. The Labute approximate surface area is 162 Å². The van der Waals surface area contributed by atoms with Crippen LogP contribution in [0.5, 0.6) is 5.75 Å². The first-order chi connectivity index (χ1) is 13.1. The van der Waals surface area contributed by atoms with E-state index in [1.807, 2.05) is 48.7 Å². The summed E-state index contributed by atoms with van der Waals surface area (Å²) in [5, 5.41) is 8.21. The second-order valence-electron chi connectivity index (χ2n) is 6.17. The summed E-state index contributed by atoms with van der Waals surface area (Å²) in [7, 11) is 1.65. The molecule has 2 N–H and O–H groups in total. The molecule has 0 saturated heterocycles. The lowest BCUT2D eigenvalue weighted by Crippen LogP contribution is -2.36. The van der Waals surface area contributed by atoms with Crippen LogP contribution < -0.4 is 15.4 Å². The molecule has 3 aromatic rings. The van der Waals surface area contributed by atoms with E-state index in [2.05, 4.69) is 20.6 Å². The van der Waals surface area contributed by atoms with Gasteiger partial charge in [0.25, 0.3) is 0 Å². The van der Waals surface area contributed by atoms with Crippen LogP contribution in [0.2, 0.25) is 0 Å². The summed E-state index contributed by atoms with van der Waals surface area (Å²) in [5.74, 6) is 0.846. The van der Waals surface area contributed by atoms with Crippen LogP contribution in [0.1, 0.15) is 18.9 Å². The van der Waals surface area contributed by atoms with Crippen molar-refractivity contribution in [2.24, 2.45) is 0 Å². The van der Waals surface area contributed by atoms with Gasteiger partial charge in [-0.1, -0.05) is 12.1 Å². The fraction of sp³-hybridized carbons (Fsp3) is 0.250. The van der Waals surface area contributed by atoms with E-state index in [-0.39, 0.29) is 12.1 Å². The molecule has 0 radical (unpaired) electrons. The highest BCUT2D eigenvalue weighted by Gasteiger charge is 2.11. The van der Waals surface area contributed by atoms with Gasteiger partial charge in [0.2, 0.25) is 0 Å². The number of anilines is 1. The van der Waals surface area contributed by atoms with Crippen LogP contribution in [0, 0.1) is 0 Å². The Balaban J connectivity index is 1.46. The van der Waals surface area contributed by atoms with Gasteiger partial charge in [-0.05, 0) is 49.6 Å². The van der Waals surface area contributed by atoms with Gasteiger partial charge in [0, 0.05) is 29.4 Å². The van der Waals surface area contributed by atoms with Crippen molar-refractivity contribution in [3.8, 4) is 17.0 Å². The number of amides is 2. The summed E-state index contributed by atoms with van der Waals surface area (Å²) in [4.78, 5) is 20.7. The molecule has 2 aromatic heterocycles. The maximum Gasteiger partial charge on any atom is 0.321 e. The fourth-order valence-corrected chi connectivity index (χ4v) is 3.30. The lowest BCUT2D eigenvalue weighted by molar-refractivity contribution is 0.248. The molecule has 6 nitrogen and oxygen atoms in total. The Morgan fingerprint density at radius 1 is 1.26 bits per heavy atom. The predicted octanol–water partition coefficient (Wildman–Crippen LogP) is 4.36. The Kier molecular flexibility index (Phi) is 6.38. The van der Waals surface area contributed by atoms with Crippen LogP contribution in [0.15, 0.2) is 54.2 Å². The number of ether oxygens (including phenoxy) is 1. The van der Waals surface area contributed by atoms with E-state index in [1.165, 1.54) is 16.9 Å². The number of methoxy groups -OCH3 is 1. The SMILES string of the molecule is COc1ccc(CCC(C)NC(=O)Nc2nc(-c3cccnc3)cs2)cc1. The molecule has 7 heteroatoms. The topological polar surface area (TPSA) is 76.1 Å². The molecule has 0 spiro atoms. The Morgan fingerprint density at radius 3 is 2.78 bits per heavy atom. The number of nitrogens with one attached hydrogen (secondary N) is 2. The summed E-state index contributed by atoms with van der Waals surface area (Å²) in [6, 6.07) is 11.6. The normalized spacial score (nSPS) is 11.6. The van der Waals surface area contributed by atoms with Crippen molar-refractivity contribution >= 4 is 22.5 Å². The van der Waals surface area contributed by atoms with Crippen molar-refractivity contribution in [3.05, 3.63) is 59.7 Å². The average molecular weight is 382 g/mol. The number of benzene rings is 1. The molecule has 0 aliphatic heterocycles. The summed E-state index contributed by atoms with van der Waals surface area (Å²) in [5.41, 5.74) is 2.94. The second-order valence-corrected chi connectivity index (χ2v) is 7.02. The smallest absolute Gasteiger partial charge is 0.321 e. The molecule has 0 fully saturated rings. The number of hydrogen-bond acceptors (Lipinski definition) is 5. The van der Waals surface area contributed by atoms with Gasteiger partial charge in [-0.25, -0.2) is 9.78 Å². The molecule has 2 heterocycles. The highest BCUT2D eigenvalue weighted by atomic mass is 32.1. The van der Waals surface area contributed by atoms with Gasteiger partial charge in [-0.15, -0.1) is 11.3 Å². The Morgan fingerprint density at radius 2 is 2.07 bits per heavy atom. The molecule has 1 atom stereocenters. The minimum atomic E-state index is -0.246. The molecule has 1 aromatic carbocycles. The zero-order chi connectivity index (χ0) is 19.1. The van der Waals surface area contributed by atoms with Crippen LogP contribution in [-0.2, 0) is 6.42 Å². The zero-order valence-corrected chi connectivity index (χ0v) is 16.1. The van der Waals surface area contributed by atoms with Gasteiger partial charge >= 0.3 is 6.03 Å². The van der Waals surface area contributed by atoms with E-state index in [9.17, 15) is 4.79 Å². The molecule has 0 aliphatic rings. The van der Waals surface area contributed by atoms with Crippen molar-refractivity contribution in [1.82, 2.24) is 15.3 Å².